The molecule has 6 fully saturated rings. The lowest BCUT2D eigenvalue weighted by atomic mass is 9.35. The third-order valence-electron chi connectivity index (χ3n) is 18.6. The molecule has 11 heteroatoms. The van der Waals surface area contributed by atoms with Gasteiger partial charge in [0, 0.05) is 55.4 Å². The molecule has 1 aliphatic heterocycles. The van der Waals surface area contributed by atoms with E-state index >= 15 is 0 Å². The molecule has 6 aliphatic carbocycles. The highest BCUT2D eigenvalue weighted by Crippen LogP contribution is 2.74. The highest BCUT2D eigenvalue weighted by molar-refractivity contribution is 6.30. The number of rotatable bonds is 11. The largest absolute Gasteiger partial charge is 0.507 e. The smallest absolute Gasteiger partial charge is 0.306 e. The standard InChI is InChI=1S/C49H69ClN2O7.C4H8O/c1-26(2)41-37(55)23-49(24-40(56)51-25-45(4,5)52-43(57)31-11-10-29(50)21-36(31)54)19-15-34-30(42(41)49)12-13-39-47(34,8)18-16-38-46(6,7)28(14-17-48(38,39)9)20-35(53)32-22-33(27(32)3)44(58)59;1-2-4-5-3-1/h10-11,21,26-28,30,32-34,38-39,54H,12-20,22-25H2,1-9H3,(H,51,56)(H,52,57)(H,58,59);1-4H2. The van der Waals surface area contributed by atoms with E-state index in [0.29, 0.717) is 48.0 Å². The van der Waals surface area contributed by atoms with Crippen molar-refractivity contribution < 1.29 is 38.9 Å². The summed E-state index contributed by atoms with van der Waals surface area (Å²) >= 11 is 5.96. The first kappa shape index (κ1) is 48.7. The van der Waals surface area contributed by atoms with Crippen LogP contribution in [-0.2, 0) is 23.9 Å². The van der Waals surface area contributed by atoms with Gasteiger partial charge < -0.3 is 25.6 Å². The first-order chi connectivity index (χ1) is 30.0. The van der Waals surface area contributed by atoms with Gasteiger partial charge in [-0.2, -0.15) is 0 Å². The lowest BCUT2D eigenvalue weighted by molar-refractivity contribution is -0.193. The molecular formula is C53H77ClN2O8. The number of carboxylic acid groups (broad SMARTS) is 1. The van der Waals surface area contributed by atoms with E-state index in [2.05, 4.69) is 52.2 Å². The number of fused-ring (bicyclic) bond motifs is 7. The van der Waals surface area contributed by atoms with Crippen LogP contribution in [0.1, 0.15) is 163 Å². The second-order valence-corrected chi connectivity index (χ2v) is 23.9. The van der Waals surface area contributed by atoms with Crippen molar-refractivity contribution in [3.05, 3.63) is 39.9 Å². The van der Waals surface area contributed by atoms with Crippen molar-refractivity contribution >= 4 is 41.0 Å². The van der Waals surface area contributed by atoms with Crippen LogP contribution in [0, 0.1) is 74.9 Å². The summed E-state index contributed by atoms with van der Waals surface area (Å²) in [5.41, 5.74) is 1.29. The van der Waals surface area contributed by atoms with Gasteiger partial charge in [-0.15, -0.1) is 0 Å². The number of amides is 2. The summed E-state index contributed by atoms with van der Waals surface area (Å²) in [6.07, 6.45) is 12.5. The molecule has 1 aromatic rings. The number of phenols is 1. The summed E-state index contributed by atoms with van der Waals surface area (Å²) in [7, 11) is 0. The van der Waals surface area contributed by atoms with E-state index < -0.39 is 28.7 Å². The Morgan fingerprint density at radius 2 is 1.61 bits per heavy atom. The molecule has 10 nitrogen and oxygen atoms in total. The van der Waals surface area contributed by atoms with Crippen LogP contribution in [-0.4, -0.2) is 64.9 Å². The fourth-order valence-corrected chi connectivity index (χ4v) is 15.5. The maximum atomic E-state index is 14.1. The topological polar surface area (TPSA) is 159 Å². The van der Waals surface area contributed by atoms with E-state index in [9.17, 15) is 34.2 Å². The fourth-order valence-electron chi connectivity index (χ4n) is 15.3. The number of carbonyl (C=O) groups is 5. The van der Waals surface area contributed by atoms with Gasteiger partial charge in [-0.05, 0) is 166 Å². The number of ketones is 2. The molecule has 11 atom stereocenters. The normalized spacial score (nSPS) is 36.3. The Morgan fingerprint density at radius 1 is 0.922 bits per heavy atom. The number of hydrogen-bond donors (Lipinski definition) is 4. The SMILES string of the molecule is C1CCOC1.CC(C)C1=C2C3CCC4C(C)(CCC5C(C)(C)C(CC(=O)C6CC(C(=O)O)C6C)CCC54C)C3CCC2(CC(=O)NCC(C)(C)NC(=O)c2ccc(Cl)cc2O)CC1=O. The van der Waals surface area contributed by atoms with Crippen molar-refractivity contribution in [2.75, 3.05) is 19.8 Å². The van der Waals surface area contributed by atoms with E-state index in [1.54, 1.807) is 6.07 Å². The van der Waals surface area contributed by atoms with Gasteiger partial charge >= 0.3 is 5.97 Å². The summed E-state index contributed by atoms with van der Waals surface area (Å²) in [5, 5.41) is 26.2. The van der Waals surface area contributed by atoms with Crippen LogP contribution < -0.4 is 10.6 Å². The number of aromatic hydroxyl groups is 1. The third-order valence-corrected chi connectivity index (χ3v) is 18.9. The van der Waals surface area contributed by atoms with Crippen molar-refractivity contribution in [1.82, 2.24) is 10.6 Å². The predicted octanol–water partition coefficient (Wildman–Crippen LogP) is 10.4. The minimum Gasteiger partial charge on any atom is -0.507 e. The average molecular weight is 906 g/mol. The molecule has 0 spiro atoms. The Morgan fingerprint density at radius 3 is 2.22 bits per heavy atom. The molecule has 1 heterocycles. The van der Waals surface area contributed by atoms with Crippen LogP contribution in [0.25, 0.3) is 0 Å². The van der Waals surface area contributed by atoms with E-state index in [1.165, 1.54) is 30.5 Å². The lowest BCUT2D eigenvalue weighted by Crippen LogP contribution is -2.62. The minimum absolute atomic E-state index is 0.00465. The van der Waals surface area contributed by atoms with E-state index in [1.807, 2.05) is 20.8 Å². The molecule has 4 N–H and O–H groups in total. The van der Waals surface area contributed by atoms with Gasteiger partial charge in [-0.3, -0.25) is 24.0 Å². The molecule has 64 heavy (non-hydrogen) atoms. The number of hydrogen-bond acceptors (Lipinski definition) is 7. The Kier molecular flexibility index (Phi) is 13.8. The maximum absolute atomic E-state index is 14.1. The number of phenolic OH excluding ortho intramolecular Hbond substituents is 1. The second-order valence-electron chi connectivity index (χ2n) is 23.5. The summed E-state index contributed by atoms with van der Waals surface area (Å²) < 4.78 is 4.94. The molecule has 0 aromatic heterocycles. The van der Waals surface area contributed by atoms with Crippen LogP contribution in [0.2, 0.25) is 5.02 Å². The molecular weight excluding hydrogens is 828 g/mol. The first-order valence-corrected chi connectivity index (χ1v) is 25.0. The van der Waals surface area contributed by atoms with Gasteiger partial charge in [0.2, 0.25) is 5.91 Å². The zero-order chi connectivity index (χ0) is 46.7. The number of carboxylic acids is 1. The summed E-state index contributed by atoms with van der Waals surface area (Å²) in [6, 6.07) is 4.35. The maximum Gasteiger partial charge on any atom is 0.306 e. The van der Waals surface area contributed by atoms with Crippen LogP contribution in [0.15, 0.2) is 29.3 Å². The molecule has 354 valence electrons. The highest BCUT2D eigenvalue weighted by Gasteiger charge is 2.66. The third kappa shape index (κ3) is 8.86. The highest BCUT2D eigenvalue weighted by atomic mass is 35.5. The molecule has 1 aromatic carbocycles. The lowest BCUT2D eigenvalue weighted by Gasteiger charge is -2.69. The molecule has 5 saturated carbocycles. The first-order valence-electron chi connectivity index (χ1n) is 24.6. The summed E-state index contributed by atoms with van der Waals surface area (Å²) in [4.78, 5) is 66.3. The van der Waals surface area contributed by atoms with Crippen LogP contribution >= 0.6 is 11.6 Å². The number of carbonyl (C=O) groups excluding carboxylic acids is 4. The number of nitrogens with one attached hydrogen (secondary N) is 2. The monoisotopic (exact) mass is 905 g/mol. The van der Waals surface area contributed by atoms with Crippen molar-refractivity contribution in [2.24, 2.45) is 74.9 Å². The van der Waals surface area contributed by atoms with Gasteiger partial charge in [0.15, 0.2) is 5.78 Å². The second kappa shape index (κ2) is 18.1. The van der Waals surface area contributed by atoms with Gasteiger partial charge in [-0.25, -0.2) is 0 Å². The Hall–Kier alpha value is -3.24. The van der Waals surface area contributed by atoms with Crippen LogP contribution in [0.4, 0.5) is 0 Å². The Bertz CT molecular complexity index is 2030. The van der Waals surface area contributed by atoms with E-state index in [0.717, 1.165) is 70.2 Å². The van der Waals surface area contributed by atoms with Gasteiger partial charge in [0.1, 0.15) is 11.5 Å². The molecule has 2 amide bonds. The molecule has 7 aliphatic rings. The van der Waals surface area contributed by atoms with Crippen molar-refractivity contribution in [1.29, 1.82) is 0 Å². The average Bonchev–Trinajstić information content (AvgIpc) is 3.87. The van der Waals surface area contributed by atoms with Gasteiger partial charge in [0.05, 0.1) is 17.0 Å². The molecule has 1 saturated heterocycles. The number of benzene rings is 1. The zero-order valence-electron chi connectivity index (χ0n) is 40.2. The van der Waals surface area contributed by atoms with Crippen LogP contribution in [0.5, 0.6) is 5.75 Å². The predicted molar refractivity (Wildman–Crippen MR) is 249 cm³/mol. The number of allylic oxidation sites excluding steroid dienone is 2. The summed E-state index contributed by atoms with van der Waals surface area (Å²) in [5.74, 6) is 0.416. The number of ether oxygens (including phenoxy) is 1. The number of aliphatic carboxylic acids is 1. The fraction of sp³-hybridized carbons (Fsp3) is 0.755. The van der Waals surface area contributed by atoms with Gasteiger partial charge in [-0.1, -0.05) is 65.6 Å². The molecule has 11 unspecified atom stereocenters. The molecule has 0 radical (unpaired) electrons. The van der Waals surface area contributed by atoms with Gasteiger partial charge in [0.25, 0.3) is 5.91 Å². The van der Waals surface area contributed by atoms with Crippen molar-refractivity contribution in [3.63, 3.8) is 0 Å². The van der Waals surface area contributed by atoms with E-state index in [-0.39, 0.29) is 81.7 Å². The Labute approximate surface area is 387 Å². The van der Waals surface area contributed by atoms with Crippen LogP contribution in [0.3, 0.4) is 0 Å². The van der Waals surface area contributed by atoms with E-state index in [4.69, 9.17) is 16.3 Å². The van der Waals surface area contributed by atoms with Crippen molar-refractivity contribution in [3.8, 4) is 5.75 Å². The molecule has 0 bridgehead atoms. The Balaban J connectivity index is 0.00000114. The molecule has 8 rings (SSSR count). The summed E-state index contributed by atoms with van der Waals surface area (Å²) in [6.45, 7) is 22.0. The quantitative estimate of drug-likeness (QED) is 0.171. The number of halogens is 1. The minimum atomic E-state index is -0.812. The zero-order valence-corrected chi connectivity index (χ0v) is 40.9. The van der Waals surface area contributed by atoms with Crippen molar-refractivity contribution in [2.45, 2.75) is 158 Å². The number of Topliss-reactive ketones (excluding diaryl/α,β-unsaturated/α-hetero) is 2.